The van der Waals surface area contributed by atoms with Crippen LogP contribution in [0.4, 0.5) is 5.69 Å². The van der Waals surface area contributed by atoms with Gasteiger partial charge in [-0.2, -0.15) is 0 Å². The zero-order valence-electron chi connectivity index (χ0n) is 19.3. The Balaban J connectivity index is 1.46. The second-order valence-electron chi connectivity index (χ2n) is 8.75. The summed E-state index contributed by atoms with van der Waals surface area (Å²) in [5.74, 6) is 0.842. The number of hydrogen-bond donors (Lipinski definition) is 3. The Bertz CT molecular complexity index is 969. The summed E-state index contributed by atoms with van der Waals surface area (Å²) in [6.45, 7) is 1.00. The molecule has 7 nitrogen and oxygen atoms in total. The van der Waals surface area contributed by atoms with Crippen molar-refractivity contribution in [1.82, 2.24) is 5.48 Å². The first-order chi connectivity index (χ1) is 16.6. The average Bonchev–Trinajstić information content (AvgIpc) is 3.36. The van der Waals surface area contributed by atoms with Crippen LogP contribution in [0.5, 0.6) is 0 Å². The number of thiophene rings is 1. The van der Waals surface area contributed by atoms with E-state index in [1.165, 1.54) is 11.3 Å². The van der Waals surface area contributed by atoms with Crippen LogP contribution >= 0.6 is 23.1 Å². The second-order valence-corrected chi connectivity index (χ2v) is 11.3. The van der Waals surface area contributed by atoms with Crippen molar-refractivity contribution in [2.45, 2.75) is 62.4 Å². The van der Waals surface area contributed by atoms with Crippen molar-refractivity contribution in [3.05, 3.63) is 41.3 Å². The van der Waals surface area contributed by atoms with E-state index in [9.17, 15) is 9.59 Å². The predicted molar refractivity (Wildman–Crippen MR) is 137 cm³/mol. The van der Waals surface area contributed by atoms with Crippen LogP contribution in [0.15, 0.2) is 36.4 Å². The van der Waals surface area contributed by atoms with Crippen LogP contribution in [0.3, 0.4) is 0 Å². The van der Waals surface area contributed by atoms with E-state index in [0.29, 0.717) is 26.0 Å². The molecule has 34 heavy (non-hydrogen) atoms. The lowest BCUT2D eigenvalue weighted by atomic mass is 9.94. The molecule has 4 rings (SSSR count). The highest BCUT2D eigenvalue weighted by Gasteiger charge is 2.38. The quantitative estimate of drug-likeness (QED) is 0.426. The summed E-state index contributed by atoms with van der Waals surface area (Å²) < 4.78 is 5.30. The van der Waals surface area contributed by atoms with Crippen LogP contribution in [0, 0.1) is 0 Å². The minimum absolute atomic E-state index is 0.0871. The van der Waals surface area contributed by atoms with E-state index in [1.54, 1.807) is 11.3 Å². The number of hydroxylamine groups is 1. The number of benzene rings is 1. The van der Waals surface area contributed by atoms with Crippen molar-refractivity contribution < 1.29 is 19.2 Å². The number of ether oxygens (including phenoxy) is 1. The molecule has 0 bridgehead atoms. The SMILES string of the molecule is NCCC(=O)Nc1cccc(-c2ccc([C@@]3(CC(=O)NOC4CCCCO4)CCCCS3)s2)c1. The Hall–Kier alpha value is -1.91. The molecule has 1 aromatic heterocycles. The van der Waals surface area contributed by atoms with Crippen LogP contribution in [-0.2, 0) is 23.9 Å². The van der Waals surface area contributed by atoms with Gasteiger partial charge in [0, 0.05) is 47.9 Å². The molecule has 2 aliphatic rings. The Morgan fingerprint density at radius 2 is 2.06 bits per heavy atom. The van der Waals surface area contributed by atoms with Crippen LogP contribution in [0.25, 0.3) is 10.4 Å². The number of thioether (sulfide) groups is 1. The molecule has 2 fully saturated rings. The van der Waals surface area contributed by atoms with Crippen molar-refractivity contribution in [1.29, 1.82) is 0 Å². The molecule has 2 aromatic rings. The Labute approximate surface area is 209 Å². The molecule has 9 heteroatoms. The normalized spacial score (nSPS) is 22.8. The Morgan fingerprint density at radius 3 is 2.82 bits per heavy atom. The van der Waals surface area contributed by atoms with Crippen molar-refractivity contribution in [2.75, 3.05) is 24.2 Å². The Kier molecular flexibility index (Phi) is 9.02. The molecule has 0 saturated carbocycles. The van der Waals surface area contributed by atoms with E-state index in [-0.39, 0.29) is 22.9 Å². The minimum atomic E-state index is -0.349. The largest absolute Gasteiger partial charge is 0.350 e. The molecule has 2 aliphatic heterocycles. The molecule has 2 atom stereocenters. The van der Waals surface area contributed by atoms with Gasteiger partial charge in [0.2, 0.25) is 11.8 Å². The van der Waals surface area contributed by atoms with Crippen LogP contribution < -0.4 is 16.5 Å². The topological polar surface area (TPSA) is 103 Å². The van der Waals surface area contributed by atoms with Gasteiger partial charge in [0.15, 0.2) is 6.29 Å². The fourth-order valence-corrected chi connectivity index (χ4v) is 7.23. The Morgan fingerprint density at radius 1 is 1.15 bits per heavy atom. The highest BCUT2D eigenvalue weighted by atomic mass is 32.2. The van der Waals surface area contributed by atoms with Gasteiger partial charge in [0.25, 0.3) is 0 Å². The van der Waals surface area contributed by atoms with E-state index < -0.39 is 0 Å². The number of anilines is 1. The first kappa shape index (κ1) is 25.2. The molecule has 0 radical (unpaired) electrons. The summed E-state index contributed by atoms with van der Waals surface area (Å²) >= 11 is 3.59. The summed E-state index contributed by atoms with van der Waals surface area (Å²) in [5.41, 5.74) is 9.92. The third-order valence-corrected chi connectivity index (χ3v) is 9.18. The maximum absolute atomic E-state index is 12.9. The molecule has 1 aromatic carbocycles. The molecular weight excluding hydrogens is 470 g/mol. The van der Waals surface area contributed by atoms with Gasteiger partial charge in [-0.15, -0.1) is 23.1 Å². The van der Waals surface area contributed by atoms with Gasteiger partial charge in [-0.05, 0) is 61.3 Å². The van der Waals surface area contributed by atoms with Gasteiger partial charge in [0.05, 0.1) is 4.75 Å². The highest BCUT2D eigenvalue weighted by molar-refractivity contribution is 8.00. The number of carbonyl (C=O) groups is 2. The first-order valence-corrected chi connectivity index (χ1v) is 13.8. The summed E-state index contributed by atoms with van der Waals surface area (Å²) in [6.07, 6.45) is 6.45. The minimum Gasteiger partial charge on any atom is -0.350 e. The average molecular weight is 504 g/mol. The summed E-state index contributed by atoms with van der Waals surface area (Å²) in [4.78, 5) is 32.6. The fourth-order valence-electron chi connectivity index (χ4n) is 4.35. The third kappa shape index (κ3) is 6.60. The maximum atomic E-state index is 12.9. The lowest BCUT2D eigenvalue weighted by Crippen LogP contribution is -2.37. The van der Waals surface area contributed by atoms with Crippen molar-refractivity contribution in [3.63, 3.8) is 0 Å². The zero-order chi connectivity index (χ0) is 23.8. The number of nitrogens with one attached hydrogen (secondary N) is 2. The van der Waals surface area contributed by atoms with Gasteiger partial charge in [0.1, 0.15) is 0 Å². The summed E-state index contributed by atoms with van der Waals surface area (Å²) in [6, 6.07) is 12.1. The van der Waals surface area contributed by atoms with E-state index >= 15 is 0 Å². The lowest BCUT2D eigenvalue weighted by Gasteiger charge is -2.35. The number of nitrogens with two attached hydrogens (primary N) is 1. The molecule has 3 heterocycles. The lowest BCUT2D eigenvalue weighted by molar-refractivity contribution is -0.200. The van der Waals surface area contributed by atoms with Gasteiger partial charge in [-0.1, -0.05) is 18.6 Å². The molecule has 4 N–H and O–H groups in total. The number of amides is 2. The molecule has 2 saturated heterocycles. The molecule has 1 unspecified atom stereocenters. The van der Waals surface area contributed by atoms with Gasteiger partial charge in [-0.25, -0.2) is 10.3 Å². The second kappa shape index (κ2) is 12.2. The standard InChI is InChI=1S/C25H33N3O4S2/c26-13-11-22(29)27-19-7-5-6-18(16-19)20-9-10-21(34-20)25(12-2-4-15-33-25)17-23(30)28-32-24-8-1-3-14-31-24/h5-7,9-10,16,24H,1-4,8,11-15,17,26H2,(H,27,29)(H,28,30)/t24?,25-/m0/s1. The third-order valence-electron chi connectivity index (χ3n) is 6.10. The smallest absolute Gasteiger partial charge is 0.245 e. The number of rotatable bonds is 9. The number of hydrogen-bond acceptors (Lipinski definition) is 7. The van der Waals surface area contributed by atoms with Crippen molar-refractivity contribution >= 4 is 40.6 Å². The monoisotopic (exact) mass is 503 g/mol. The molecule has 0 spiro atoms. The van der Waals surface area contributed by atoms with Gasteiger partial charge in [-0.3, -0.25) is 9.59 Å². The van der Waals surface area contributed by atoms with Crippen LogP contribution in [0.1, 0.15) is 56.2 Å². The van der Waals surface area contributed by atoms with Crippen molar-refractivity contribution in [2.24, 2.45) is 5.73 Å². The zero-order valence-corrected chi connectivity index (χ0v) is 21.0. The van der Waals surface area contributed by atoms with E-state index in [2.05, 4.69) is 22.9 Å². The molecular formula is C25H33N3O4S2. The molecule has 2 amide bonds. The fraction of sp³-hybridized carbons (Fsp3) is 0.520. The van der Waals surface area contributed by atoms with E-state index in [0.717, 1.165) is 54.0 Å². The molecule has 184 valence electrons. The van der Waals surface area contributed by atoms with E-state index in [4.69, 9.17) is 15.3 Å². The van der Waals surface area contributed by atoms with Gasteiger partial charge < -0.3 is 15.8 Å². The first-order valence-electron chi connectivity index (χ1n) is 12.0. The predicted octanol–water partition coefficient (Wildman–Crippen LogP) is 4.78. The van der Waals surface area contributed by atoms with Crippen LogP contribution in [-0.4, -0.2) is 37.0 Å². The van der Waals surface area contributed by atoms with E-state index in [1.807, 2.05) is 36.0 Å². The molecule has 0 aliphatic carbocycles. The van der Waals surface area contributed by atoms with Crippen molar-refractivity contribution in [3.8, 4) is 10.4 Å². The summed E-state index contributed by atoms with van der Waals surface area (Å²) in [5, 5.41) is 2.90. The highest BCUT2D eigenvalue weighted by Crippen LogP contribution is 2.51. The van der Waals surface area contributed by atoms with Crippen LogP contribution in [0.2, 0.25) is 0 Å². The summed E-state index contributed by atoms with van der Waals surface area (Å²) in [7, 11) is 0. The van der Waals surface area contributed by atoms with Gasteiger partial charge >= 0.3 is 0 Å². The number of carbonyl (C=O) groups excluding carboxylic acids is 2. The maximum Gasteiger partial charge on any atom is 0.245 e.